The number of benzene rings is 1. The second-order valence-corrected chi connectivity index (χ2v) is 6.54. The van der Waals surface area contributed by atoms with Gasteiger partial charge in [0.2, 0.25) is 10.0 Å². The minimum absolute atomic E-state index is 0.161. The van der Waals surface area contributed by atoms with E-state index in [4.69, 9.17) is 10.5 Å². The highest BCUT2D eigenvalue weighted by molar-refractivity contribution is 7.89. The average molecular weight is 314 g/mol. The van der Waals surface area contributed by atoms with E-state index in [0.29, 0.717) is 16.8 Å². The number of hydrogen-bond donors (Lipinski definition) is 1. The molecule has 7 heteroatoms. The highest BCUT2D eigenvalue weighted by atomic mass is 32.2. The Morgan fingerprint density at radius 1 is 1.29 bits per heavy atom. The van der Waals surface area contributed by atoms with Gasteiger partial charge in [0.05, 0.1) is 11.5 Å². The van der Waals surface area contributed by atoms with Crippen molar-refractivity contribution in [3.8, 4) is 0 Å². The second kappa shape index (κ2) is 6.91. The number of nitrogens with two attached hydrogens (primary N) is 1. The molecule has 1 rings (SSSR count). The van der Waals surface area contributed by atoms with Gasteiger partial charge < -0.3 is 10.5 Å². The standard InChI is InChI=1S/C14H22N2O4S/c1-5-16(9-13(17)20-6-2)21(18,19)14-10(3)7-8-12(15)11(14)4/h7-8H,5-6,9,15H2,1-4H3. The van der Waals surface area contributed by atoms with Crippen LogP contribution in [-0.2, 0) is 19.6 Å². The Balaban J connectivity index is 3.26. The molecule has 0 aromatic heterocycles. The fourth-order valence-electron chi connectivity index (χ4n) is 2.09. The van der Waals surface area contributed by atoms with Gasteiger partial charge in [-0.1, -0.05) is 13.0 Å². The summed E-state index contributed by atoms with van der Waals surface area (Å²) in [4.78, 5) is 11.7. The lowest BCUT2D eigenvalue weighted by molar-refractivity contribution is -0.143. The van der Waals surface area contributed by atoms with E-state index in [-0.39, 0.29) is 24.6 Å². The summed E-state index contributed by atoms with van der Waals surface area (Å²) in [6.45, 7) is 6.80. The summed E-state index contributed by atoms with van der Waals surface area (Å²) in [5.41, 5.74) is 7.31. The van der Waals surface area contributed by atoms with Crippen molar-refractivity contribution in [1.29, 1.82) is 0 Å². The first-order valence-corrected chi connectivity index (χ1v) is 8.21. The first-order chi connectivity index (χ1) is 9.75. The molecule has 118 valence electrons. The van der Waals surface area contributed by atoms with Gasteiger partial charge in [0, 0.05) is 12.2 Å². The Hall–Kier alpha value is -1.60. The number of carbonyl (C=O) groups excluding carboxylic acids is 1. The Kier molecular flexibility index (Phi) is 5.74. The molecule has 0 saturated heterocycles. The maximum Gasteiger partial charge on any atom is 0.321 e. The molecule has 1 aromatic rings. The van der Waals surface area contributed by atoms with Gasteiger partial charge in [-0.05, 0) is 38.0 Å². The van der Waals surface area contributed by atoms with Gasteiger partial charge in [0.15, 0.2) is 0 Å². The van der Waals surface area contributed by atoms with Crippen LogP contribution in [0.5, 0.6) is 0 Å². The summed E-state index contributed by atoms with van der Waals surface area (Å²) in [5.74, 6) is -0.567. The lowest BCUT2D eigenvalue weighted by atomic mass is 10.1. The predicted molar refractivity (Wildman–Crippen MR) is 81.4 cm³/mol. The maximum absolute atomic E-state index is 12.8. The molecule has 0 bridgehead atoms. The quantitative estimate of drug-likeness (QED) is 0.634. The molecule has 0 amide bonds. The zero-order valence-corrected chi connectivity index (χ0v) is 13.7. The first kappa shape index (κ1) is 17.5. The molecule has 0 saturated carbocycles. The highest BCUT2D eigenvalue weighted by Crippen LogP contribution is 2.27. The van der Waals surface area contributed by atoms with Crippen LogP contribution in [0.1, 0.15) is 25.0 Å². The van der Waals surface area contributed by atoms with Crippen molar-refractivity contribution in [3.63, 3.8) is 0 Å². The SMILES string of the molecule is CCOC(=O)CN(CC)S(=O)(=O)c1c(C)ccc(N)c1C. The minimum atomic E-state index is -3.80. The van der Waals surface area contributed by atoms with E-state index in [0.717, 1.165) is 4.31 Å². The fraction of sp³-hybridized carbons (Fsp3) is 0.500. The highest BCUT2D eigenvalue weighted by Gasteiger charge is 2.29. The molecule has 0 aliphatic rings. The van der Waals surface area contributed by atoms with Gasteiger partial charge in [-0.25, -0.2) is 8.42 Å². The van der Waals surface area contributed by atoms with Gasteiger partial charge in [0.1, 0.15) is 6.54 Å². The molecule has 0 unspecified atom stereocenters. The molecule has 0 aliphatic carbocycles. The summed E-state index contributed by atoms with van der Waals surface area (Å²) in [5, 5.41) is 0. The molecule has 0 fully saturated rings. The van der Waals surface area contributed by atoms with Crippen molar-refractivity contribution >= 4 is 21.7 Å². The predicted octanol–water partition coefficient (Wildman–Crippen LogP) is 1.46. The lowest BCUT2D eigenvalue weighted by Gasteiger charge is -2.22. The van der Waals surface area contributed by atoms with Gasteiger partial charge in [0.25, 0.3) is 0 Å². The van der Waals surface area contributed by atoms with Gasteiger partial charge >= 0.3 is 5.97 Å². The fourth-order valence-corrected chi connectivity index (χ4v) is 3.94. The molecular formula is C14H22N2O4S. The molecule has 2 N–H and O–H groups in total. The van der Waals surface area contributed by atoms with E-state index in [1.165, 1.54) is 0 Å². The summed E-state index contributed by atoms with van der Waals surface area (Å²) in [6.07, 6.45) is 0. The van der Waals surface area contributed by atoms with Gasteiger partial charge in [-0.2, -0.15) is 4.31 Å². The van der Waals surface area contributed by atoms with Gasteiger partial charge in [-0.15, -0.1) is 0 Å². The van der Waals surface area contributed by atoms with E-state index in [9.17, 15) is 13.2 Å². The molecule has 0 aliphatic heterocycles. The number of likely N-dealkylation sites (N-methyl/N-ethyl adjacent to an activating group) is 1. The Morgan fingerprint density at radius 2 is 1.90 bits per heavy atom. The number of anilines is 1. The smallest absolute Gasteiger partial charge is 0.321 e. The molecule has 0 atom stereocenters. The topological polar surface area (TPSA) is 89.7 Å². The van der Waals surface area contributed by atoms with Crippen molar-refractivity contribution in [2.24, 2.45) is 0 Å². The van der Waals surface area contributed by atoms with Gasteiger partial charge in [-0.3, -0.25) is 4.79 Å². The normalized spacial score (nSPS) is 11.7. The van der Waals surface area contributed by atoms with Crippen LogP contribution in [0.3, 0.4) is 0 Å². The summed E-state index contributed by atoms with van der Waals surface area (Å²) in [6, 6.07) is 3.33. The Labute approximate surface area is 125 Å². The second-order valence-electron chi connectivity index (χ2n) is 4.66. The third kappa shape index (κ3) is 3.74. The van der Waals surface area contributed by atoms with E-state index >= 15 is 0 Å². The Bertz CT molecular complexity index is 626. The van der Waals surface area contributed by atoms with Crippen LogP contribution in [0, 0.1) is 13.8 Å². The average Bonchev–Trinajstić information content (AvgIpc) is 2.40. The monoisotopic (exact) mass is 314 g/mol. The summed E-state index contributed by atoms with van der Waals surface area (Å²) < 4.78 is 31.4. The van der Waals surface area contributed by atoms with Crippen LogP contribution in [0.4, 0.5) is 5.69 Å². The number of rotatable bonds is 6. The zero-order chi connectivity index (χ0) is 16.2. The zero-order valence-electron chi connectivity index (χ0n) is 12.8. The van der Waals surface area contributed by atoms with Crippen LogP contribution in [0.25, 0.3) is 0 Å². The molecule has 1 aromatic carbocycles. The van der Waals surface area contributed by atoms with Crippen LogP contribution < -0.4 is 5.73 Å². The molecule has 6 nitrogen and oxygen atoms in total. The third-order valence-electron chi connectivity index (χ3n) is 3.21. The van der Waals surface area contributed by atoms with E-state index < -0.39 is 16.0 Å². The van der Waals surface area contributed by atoms with Crippen LogP contribution in [0.2, 0.25) is 0 Å². The van der Waals surface area contributed by atoms with Crippen molar-refractivity contribution in [2.75, 3.05) is 25.4 Å². The number of hydrogen-bond acceptors (Lipinski definition) is 5. The van der Waals surface area contributed by atoms with Crippen LogP contribution in [-0.4, -0.2) is 38.4 Å². The summed E-state index contributed by atoms with van der Waals surface area (Å²) >= 11 is 0. The van der Waals surface area contributed by atoms with Crippen molar-refractivity contribution < 1.29 is 17.9 Å². The number of sulfonamides is 1. The number of esters is 1. The summed E-state index contributed by atoms with van der Waals surface area (Å²) in [7, 11) is -3.80. The lowest BCUT2D eigenvalue weighted by Crippen LogP contribution is -2.37. The first-order valence-electron chi connectivity index (χ1n) is 6.77. The third-order valence-corrected chi connectivity index (χ3v) is 5.42. The number of nitrogens with zero attached hydrogens (tertiary/aromatic N) is 1. The molecule has 0 radical (unpaired) electrons. The molecule has 0 spiro atoms. The number of nitrogen functional groups attached to an aromatic ring is 1. The van der Waals surface area contributed by atoms with Crippen LogP contribution >= 0.6 is 0 Å². The van der Waals surface area contributed by atoms with E-state index in [1.54, 1.807) is 39.8 Å². The molecule has 21 heavy (non-hydrogen) atoms. The Morgan fingerprint density at radius 3 is 2.43 bits per heavy atom. The van der Waals surface area contributed by atoms with Crippen molar-refractivity contribution in [3.05, 3.63) is 23.3 Å². The maximum atomic E-state index is 12.8. The van der Waals surface area contributed by atoms with Crippen LogP contribution in [0.15, 0.2) is 17.0 Å². The largest absolute Gasteiger partial charge is 0.465 e. The van der Waals surface area contributed by atoms with Crippen molar-refractivity contribution in [1.82, 2.24) is 4.31 Å². The number of aryl methyl sites for hydroxylation is 1. The van der Waals surface area contributed by atoms with E-state index in [1.807, 2.05) is 0 Å². The molecular weight excluding hydrogens is 292 g/mol. The van der Waals surface area contributed by atoms with Crippen molar-refractivity contribution in [2.45, 2.75) is 32.6 Å². The number of carbonyl (C=O) groups is 1. The minimum Gasteiger partial charge on any atom is -0.465 e. The number of ether oxygens (including phenoxy) is 1. The molecule has 0 heterocycles. The van der Waals surface area contributed by atoms with E-state index in [2.05, 4.69) is 0 Å².